The number of carboxylic acids is 1. The van der Waals surface area contributed by atoms with Gasteiger partial charge in [-0.25, -0.2) is 9.78 Å². The fourth-order valence-electron chi connectivity index (χ4n) is 3.73. The number of nitrogens with zero attached hydrogens (tertiary/aromatic N) is 2. The lowest BCUT2D eigenvalue weighted by molar-refractivity contribution is -0.132. The summed E-state index contributed by atoms with van der Waals surface area (Å²) in [4.78, 5) is 40.9. The molecular weight excluding hydrogens is 493 g/mol. The van der Waals surface area contributed by atoms with Gasteiger partial charge in [0.2, 0.25) is 0 Å². The van der Waals surface area contributed by atoms with E-state index in [-0.39, 0.29) is 17.4 Å². The number of ether oxygens (including phenoxy) is 1. The molecule has 1 aliphatic heterocycles. The molecule has 0 fully saturated rings. The van der Waals surface area contributed by atoms with Crippen LogP contribution in [-0.2, 0) is 16.1 Å². The van der Waals surface area contributed by atoms with E-state index in [1.54, 1.807) is 10.6 Å². The summed E-state index contributed by atoms with van der Waals surface area (Å²) >= 11 is 11.3. The first-order valence-corrected chi connectivity index (χ1v) is 11.5. The molecule has 0 saturated heterocycles. The van der Waals surface area contributed by atoms with Crippen LogP contribution in [0.2, 0.25) is 0 Å². The number of nitrogens with one attached hydrogen (secondary N) is 1. The Labute approximate surface area is 210 Å². The largest absolute Gasteiger partial charge is 0.491 e. The number of carbonyl (C=O) groups excluding carboxylic acids is 1. The number of hydrogen-bond donors (Lipinski definition) is 2. The van der Waals surface area contributed by atoms with E-state index < -0.39 is 21.9 Å². The van der Waals surface area contributed by atoms with Crippen LogP contribution in [-0.4, -0.2) is 32.6 Å². The zero-order valence-corrected chi connectivity index (χ0v) is 20.4. The van der Waals surface area contributed by atoms with Gasteiger partial charge in [-0.1, -0.05) is 35.3 Å². The molecule has 8 nitrogen and oxygen atoms in total. The van der Waals surface area contributed by atoms with Gasteiger partial charge in [0, 0.05) is 12.2 Å². The number of fused-ring (bicyclic) bond motifs is 2. The predicted molar refractivity (Wildman–Crippen MR) is 136 cm³/mol. The molecule has 0 atom stereocenters. The van der Waals surface area contributed by atoms with Gasteiger partial charge in [0.05, 0.1) is 17.0 Å². The molecule has 4 rings (SSSR count). The number of anilines is 1. The van der Waals surface area contributed by atoms with Gasteiger partial charge in [-0.05, 0) is 67.8 Å². The van der Waals surface area contributed by atoms with Crippen LogP contribution in [0.4, 0.5) is 5.69 Å². The molecule has 2 aromatic carbocycles. The van der Waals surface area contributed by atoms with Gasteiger partial charge < -0.3 is 15.2 Å². The molecule has 10 heteroatoms. The van der Waals surface area contributed by atoms with Gasteiger partial charge in [0.15, 0.2) is 0 Å². The maximum atomic E-state index is 13.1. The normalized spacial score (nSPS) is 14.7. The second-order valence-corrected chi connectivity index (χ2v) is 8.92. The first-order chi connectivity index (χ1) is 16.6. The van der Waals surface area contributed by atoms with Crippen molar-refractivity contribution < 1.29 is 19.4 Å². The van der Waals surface area contributed by atoms with Gasteiger partial charge in [-0.2, -0.15) is 0 Å². The summed E-state index contributed by atoms with van der Waals surface area (Å²) < 4.78 is 7.32. The lowest BCUT2D eigenvalue weighted by Gasteiger charge is -2.10. The second kappa shape index (κ2) is 9.93. The maximum Gasteiger partial charge on any atom is 0.349 e. The Kier molecular flexibility index (Phi) is 6.95. The minimum atomic E-state index is -1.52. The van der Waals surface area contributed by atoms with Crippen molar-refractivity contribution >= 4 is 63.3 Å². The maximum absolute atomic E-state index is 13.1. The molecule has 1 amide bonds. The highest BCUT2D eigenvalue weighted by Crippen LogP contribution is 2.29. The Bertz CT molecular complexity index is 1460. The molecule has 1 aliphatic rings. The van der Waals surface area contributed by atoms with Crippen LogP contribution in [0, 0.1) is 0 Å². The molecule has 35 heavy (non-hydrogen) atoms. The smallest absolute Gasteiger partial charge is 0.349 e. The van der Waals surface area contributed by atoms with Crippen LogP contribution in [0.3, 0.4) is 0 Å². The minimum absolute atomic E-state index is 0.0844. The van der Waals surface area contributed by atoms with Crippen molar-refractivity contribution in [1.82, 2.24) is 9.55 Å². The van der Waals surface area contributed by atoms with Crippen molar-refractivity contribution in [3.63, 3.8) is 0 Å². The summed E-state index contributed by atoms with van der Waals surface area (Å²) in [6.07, 6.45) is 2.72. The molecule has 0 saturated carbocycles. The number of hydrogen-bond acceptors (Lipinski definition) is 5. The van der Waals surface area contributed by atoms with Gasteiger partial charge in [0.1, 0.15) is 21.6 Å². The van der Waals surface area contributed by atoms with E-state index >= 15 is 0 Å². The molecule has 0 unspecified atom stereocenters. The summed E-state index contributed by atoms with van der Waals surface area (Å²) in [6, 6.07) is 12.3. The number of halogens is 2. The zero-order chi connectivity index (χ0) is 25.3. The van der Waals surface area contributed by atoms with Crippen molar-refractivity contribution in [1.29, 1.82) is 0 Å². The van der Waals surface area contributed by atoms with E-state index in [1.807, 2.05) is 44.2 Å². The molecule has 2 N–H and O–H groups in total. The first kappa shape index (κ1) is 24.5. The zero-order valence-electron chi connectivity index (χ0n) is 18.8. The summed E-state index contributed by atoms with van der Waals surface area (Å²) in [7, 11) is 0. The quantitative estimate of drug-likeness (QED) is 0.456. The summed E-state index contributed by atoms with van der Waals surface area (Å²) in [6.45, 7) is 4.45. The van der Waals surface area contributed by atoms with E-state index in [1.165, 1.54) is 12.1 Å². The van der Waals surface area contributed by atoms with Gasteiger partial charge in [-0.15, -0.1) is 0 Å². The van der Waals surface area contributed by atoms with Crippen LogP contribution < -0.4 is 15.6 Å². The number of aliphatic carboxylic acids is 1. The molecular formula is C25H21Cl2N3O5. The molecule has 1 aromatic heterocycles. The average molecular weight is 514 g/mol. The fourth-order valence-corrected chi connectivity index (χ4v) is 3.94. The Morgan fingerprint density at radius 2 is 1.86 bits per heavy atom. The standard InChI is InChI=1S/C25H21Cl2N3O5/c1-13(2)35-17-6-3-14(4-7-17)11-15-9-10-30-22(15)29-19-12-16(5-8-18(19)24(30)32)28-23(31)20(26)21(27)25(33)34/h3-8,11-13H,9-10H2,1-2H3,(H,28,31)(H,33,34)/b15-11?,21-20-. The van der Waals surface area contributed by atoms with E-state index in [4.69, 9.17) is 33.0 Å². The Morgan fingerprint density at radius 3 is 2.51 bits per heavy atom. The second-order valence-electron chi connectivity index (χ2n) is 8.17. The highest BCUT2D eigenvalue weighted by Gasteiger charge is 2.22. The topological polar surface area (TPSA) is 111 Å². The number of benzene rings is 2. The van der Waals surface area contributed by atoms with Crippen molar-refractivity contribution in [2.24, 2.45) is 0 Å². The van der Waals surface area contributed by atoms with Crippen LogP contribution in [0.25, 0.3) is 22.6 Å². The molecule has 0 spiro atoms. The van der Waals surface area contributed by atoms with Crippen molar-refractivity contribution in [2.75, 3.05) is 5.32 Å². The third-order valence-electron chi connectivity index (χ3n) is 5.28. The highest BCUT2D eigenvalue weighted by molar-refractivity contribution is 6.54. The molecule has 0 radical (unpaired) electrons. The van der Waals surface area contributed by atoms with Crippen molar-refractivity contribution in [3.05, 3.63) is 74.3 Å². The molecule has 3 aromatic rings. The first-order valence-electron chi connectivity index (χ1n) is 10.8. The summed E-state index contributed by atoms with van der Waals surface area (Å²) in [5.41, 5.74) is 2.36. The van der Waals surface area contributed by atoms with E-state index in [0.717, 1.165) is 16.9 Å². The van der Waals surface area contributed by atoms with Crippen LogP contribution in [0.15, 0.2) is 57.3 Å². The Balaban J connectivity index is 1.66. The average Bonchev–Trinajstić information content (AvgIpc) is 3.21. The molecule has 0 bridgehead atoms. The minimum Gasteiger partial charge on any atom is -0.491 e. The van der Waals surface area contributed by atoms with Crippen molar-refractivity contribution in [3.8, 4) is 5.75 Å². The van der Waals surface area contributed by atoms with Crippen LogP contribution in [0.1, 0.15) is 31.7 Å². The number of amides is 1. The van der Waals surface area contributed by atoms with E-state index in [9.17, 15) is 14.4 Å². The van der Waals surface area contributed by atoms with Gasteiger partial charge in [-0.3, -0.25) is 14.2 Å². The van der Waals surface area contributed by atoms with E-state index in [0.29, 0.717) is 29.7 Å². The fraction of sp³-hybridized carbons (Fsp3) is 0.200. The predicted octanol–water partition coefficient (Wildman–Crippen LogP) is 4.84. The SMILES string of the molecule is CC(C)Oc1ccc(C=C2CCn3c2nc2cc(NC(=O)/C(Cl)=C(/Cl)C(=O)O)ccc2c3=O)cc1. The van der Waals surface area contributed by atoms with Gasteiger partial charge >= 0.3 is 5.97 Å². The number of rotatable bonds is 6. The Morgan fingerprint density at radius 1 is 1.14 bits per heavy atom. The monoisotopic (exact) mass is 513 g/mol. The third kappa shape index (κ3) is 5.23. The van der Waals surface area contributed by atoms with Gasteiger partial charge in [0.25, 0.3) is 11.5 Å². The summed E-state index contributed by atoms with van der Waals surface area (Å²) in [5, 5.41) is 10.3. The number of aromatic nitrogens is 2. The van der Waals surface area contributed by atoms with Crippen molar-refractivity contribution in [2.45, 2.75) is 32.9 Å². The third-order valence-corrected chi connectivity index (χ3v) is 6.09. The van der Waals surface area contributed by atoms with E-state index in [2.05, 4.69) is 10.3 Å². The molecule has 180 valence electrons. The number of allylic oxidation sites excluding steroid dienone is 1. The molecule has 0 aliphatic carbocycles. The lowest BCUT2D eigenvalue weighted by atomic mass is 10.1. The number of carboxylic acid groups (broad SMARTS) is 1. The van der Waals surface area contributed by atoms with Crippen LogP contribution in [0.5, 0.6) is 5.75 Å². The Hall–Kier alpha value is -3.62. The number of carbonyl (C=O) groups is 2. The molecule has 2 heterocycles. The highest BCUT2D eigenvalue weighted by atomic mass is 35.5. The lowest BCUT2D eigenvalue weighted by Crippen LogP contribution is -2.21. The summed E-state index contributed by atoms with van der Waals surface area (Å²) in [5.74, 6) is -1.07. The van der Waals surface area contributed by atoms with Crippen LogP contribution >= 0.6 is 23.2 Å².